The van der Waals surface area contributed by atoms with E-state index in [1.807, 2.05) is 12.1 Å². The highest BCUT2D eigenvalue weighted by Crippen LogP contribution is 2.15. The molecule has 1 amide bonds. The van der Waals surface area contributed by atoms with Gasteiger partial charge in [-0.05, 0) is 30.5 Å². The number of carbonyl (C=O) groups is 1. The standard InChI is InChI=1S/C14H19Cl2NO2S/c1-2-3-4-10-5-7-11(8-6-10)19-14(18)17-13(20)12(16)9-15/h5-8,12-13,20H,2-4,9H2,1H3,(H,17,18). The van der Waals surface area contributed by atoms with Crippen LogP contribution in [0.4, 0.5) is 4.79 Å². The zero-order valence-electron chi connectivity index (χ0n) is 11.3. The number of carbonyl (C=O) groups excluding carboxylic acids is 1. The van der Waals surface area contributed by atoms with E-state index in [0.29, 0.717) is 5.75 Å². The van der Waals surface area contributed by atoms with Crippen molar-refractivity contribution in [1.29, 1.82) is 0 Å². The number of aryl methyl sites for hydroxylation is 1. The van der Waals surface area contributed by atoms with Crippen molar-refractivity contribution in [2.24, 2.45) is 0 Å². The van der Waals surface area contributed by atoms with E-state index in [1.54, 1.807) is 12.1 Å². The molecular weight excluding hydrogens is 317 g/mol. The summed E-state index contributed by atoms with van der Waals surface area (Å²) in [6, 6.07) is 7.47. The van der Waals surface area contributed by atoms with Crippen molar-refractivity contribution in [3.63, 3.8) is 0 Å². The smallest absolute Gasteiger partial charge is 0.410 e. The fourth-order valence-corrected chi connectivity index (χ4v) is 2.11. The molecule has 1 aromatic rings. The minimum absolute atomic E-state index is 0.197. The van der Waals surface area contributed by atoms with E-state index in [4.69, 9.17) is 27.9 Å². The summed E-state index contributed by atoms with van der Waals surface area (Å²) in [6.45, 7) is 2.15. The minimum Gasteiger partial charge on any atom is -0.410 e. The molecule has 6 heteroatoms. The monoisotopic (exact) mass is 335 g/mol. The minimum atomic E-state index is -0.595. The first-order valence-corrected chi connectivity index (χ1v) is 8.01. The number of hydrogen-bond acceptors (Lipinski definition) is 3. The summed E-state index contributed by atoms with van der Waals surface area (Å²) in [4.78, 5) is 11.6. The van der Waals surface area contributed by atoms with Crippen LogP contribution in [0.5, 0.6) is 5.75 Å². The van der Waals surface area contributed by atoms with Gasteiger partial charge in [-0.15, -0.1) is 23.2 Å². The highest BCUT2D eigenvalue weighted by molar-refractivity contribution is 7.81. The first kappa shape index (κ1) is 17.5. The van der Waals surface area contributed by atoms with Crippen LogP contribution >= 0.6 is 35.8 Å². The number of alkyl halides is 2. The van der Waals surface area contributed by atoms with Crippen LogP contribution in [0.15, 0.2) is 24.3 Å². The summed E-state index contributed by atoms with van der Waals surface area (Å²) in [5.74, 6) is 0.683. The van der Waals surface area contributed by atoms with E-state index < -0.39 is 16.8 Å². The van der Waals surface area contributed by atoms with E-state index >= 15 is 0 Å². The predicted octanol–water partition coefficient (Wildman–Crippen LogP) is 4.22. The largest absolute Gasteiger partial charge is 0.413 e. The van der Waals surface area contributed by atoms with Crippen LogP contribution in [0.25, 0.3) is 0 Å². The molecule has 0 fully saturated rings. The quantitative estimate of drug-likeness (QED) is 0.444. The molecule has 0 bridgehead atoms. The molecular formula is C14H19Cl2NO2S. The first-order chi connectivity index (χ1) is 9.56. The molecule has 2 unspecified atom stereocenters. The number of thiol groups is 1. The first-order valence-electron chi connectivity index (χ1n) is 6.52. The van der Waals surface area contributed by atoms with Crippen molar-refractivity contribution >= 4 is 41.9 Å². The van der Waals surface area contributed by atoms with Crippen LogP contribution in [0.2, 0.25) is 0 Å². The topological polar surface area (TPSA) is 38.3 Å². The Morgan fingerprint density at radius 3 is 2.60 bits per heavy atom. The van der Waals surface area contributed by atoms with Gasteiger partial charge in [-0.2, -0.15) is 12.6 Å². The summed E-state index contributed by atoms with van der Waals surface area (Å²) in [5, 5.41) is 1.51. The third-order valence-corrected chi connectivity index (χ3v) is 4.27. The van der Waals surface area contributed by atoms with E-state index in [2.05, 4.69) is 24.9 Å². The third-order valence-electron chi connectivity index (χ3n) is 2.71. The molecule has 0 heterocycles. The second-order valence-electron chi connectivity index (χ2n) is 4.40. The van der Waals surface area contributed by atoms with Gasteiger partial charge in [-0.25, -0.2) is 4.79 Å². The van der Waals surface area contributed by atoms with Crippen LogP contribution in [-0.2, 0) is 6.42 Å². The average Bonchev–Trinajstić information content (AvgIpc) is 2.45. The molecule has 0 aliphatic heterocycles. The van der Waals surface area contributed by atoms with Gasteiger partial charge in [0.1, 0.15) is 5.75 Å². The summed E-state index contributed by atoms with van der Waals surface area (Å²) in [6.07, 6.45) is 2.75. The maximum atomic E-state index is 11.6. The van der Waals surface area contributed by atoms with E-state index in [-0.39, 0.29) is 5.88 Å². The zero-order valence-corrected chi connectivity index (χ0v) is 13.7. The number of unbranched alkanes of at least 4 members (excludes halogenated alkanes) is 1. The number of nitrogens with one attached hydrogen (secondary N) is 1. The molecule has 1 aromatic carbocycles. The molecule has 1 rings (SSSR count). The molecule has 0 radical (unpaired) electrons. The van der Waals surface area contributed by atoms with Crippen LogP contribution in [0.1, 0.15) is 25.3 Å². The lowest BCUT2D eigenvalue weighted by Crippen LogP contribution is -2.39. The molecule has 0 aliphatic carbocycles. The fraction of sp³-hybridized carbons (Fsp3) is 0.500. The maximum Gasteiger partial charge on any atom is 0.413 e. The van der Waals surface area contributed by atoms with Gasteiger partial charge < -0.3 is 10.1 Å². The number of hydrogen-bond donors (Lipinski definition) is 2. The Bertz CT molecular complexity index is 414. The van der Waals surface area contributed by atoms with E-state index in [0.717, 1.165) is 19.3 Å². The van der Waals surface area contributed by atoms with Gasteiger partial charge in [-0.3, -0.25) is 0 Å². The van der Waals surface area contributed by atoms with Gasteiger partial charge in [0.2, 0.25) is 0 Å². The predicted molar refractivity (Wildman–Crippen MR) is 87.3 cm³/mol. The number of benzene rings is 1. The Kier molecular flexibility index (Phi) is 8.19. The molecule has 0 aromatic heterocycles. The van der Waals surface area contributed by atoms with Gasteiger partial charge in [0.25, 0.3) is 0 Å². The van der Waals surface area contributed by atoms with Gasteiger partial charge in [0.05, 0.1) is 10.8 Å². The molecule has 1 N–H and O–H groups in total. The lowest BCUT2D eigenvalue weighted by Gasteiger charge is -2.16. The summed E-state index contributed by atoms with van der Waals surface area (Å²) in [5.41, 5.74) is 1.23. The number of ether oxygens (including phenoxy) is 1. The van der Waals surface area contributed by atoms with Gasteiger partial charge in [0, 0.05) is 5.88 Å². The van der Waals surface area contributed by atoms with Gasteiger partial charge in [-0.1, -0.05) is 25.5 Å². The number of amides is 1. The second-order valence-corrected chi connectivity index (χ2v) is 5.82. The van der Waals surface area contributed by atoms with E-state index in [1.165, 1.54) is 5.56 Å². The molecule has 0 spiro atoms. The van der Waals surface area contributed by atoms with Gasteiger partial charge >= 0.3 is 6.09 Å². The van der Waals surface area contributed by atoms with E-state index in [9.17, 15) is 4.79 Å². The molecule has 0 aliphatic rings. The van der Waals surface area contributed by atoms with Crippen LogP contribution in [-0.4, -0.2) is 22.7 Å². The van der Waals surface area contributed by atoms with Crippen molar-refractivity contribution in [3.05, 3.63) is 29.8 Å². The Balaban J connectivity index is 2.45. The van der Waals surface area contributed by atoms with Crippen molar-refractivity contribution in [2.45, 2.75) is 36.9 Å². The molecule has 112 valence electrons. The van der Waals surface area contributed by atoms with Crippen LogP contribution in [0.3, 0.4) is 0 Å². The highest BCUT2D eigenvalue weighted by atomic mass is 35.5. The summed E-state index contributed by atoms with van der Waals surface area (Å²) < 4.78 is 5.14. The fourth-order valence-electron chi connectivity index (χ4n) is 1.54. The summed E-state index contributed by atoms with van der Waals surface area (Å²) in [7, 11) is 0. The van der Waals surface area contributed by atoms with Gasteiger partial charge in [0.15, 0.2) is 0 Å². The average molecular weight is 336 g/mol. The lowest BCUT2D eigenvalue weighted by molar-refractivity contribution is 0.199. The lowest BCUT2D eigenvalue weighted by atomic mass is 10.1. The molecule has 20 heavy (non-hydrogen) atoms. The highest BCUT2D eigenvalue weighted by Gasteiger charge is 2.17. The Morgan fingerprint density at radius 1 is 1.40 bits per heavy atom. The van der Waals surface area contributed by atoms with Crippen molar-refractivity contribution in [3.8, 4) is 5.75 Å². The third kappa shape index (κ3) is 6.25. The van der Waals surface area contributed by atoms with Crippen LogP contribution in [0, 0.1) is 0 Å². The SMILES string of the molecule is CCCCc1ccc(OC(=O)NC(S)C(Cl)CCl)cc1. The molecule has 3 nitrogen and oxygen atoms in total. The Morgan fingerprint density at radius 2 is 2.05 bits per heavy atom. The van der Waals surface area contributed by atoms with Crippen molar-refractivity contribution in [2.75, 3.05) is 5.88 Å². The maximum absolute atomic E-state index is 11.6. The number of halogens is 2. The number of rotatable bonds is 7. The zero-order chi connectivity index (χ0) is 15.0. The Labute approximate surface area is 135 Å². The second kappa shape index (κ2) is 9.37. The molecule has 2 atom stereocenters. The van der Waals surface area contributed by atoms with Crippen LogP contribution < -0.4 is 10.1 Å². The summed E-state index contributed by atoms with van der Waals surface area (Å²) >= 11 is 15.6. The molecule has 0 saturated carbocycles. The van der Waals surface area contributed by atoms with Crippen molar-refractivity contribution < 1.29 is 9.53 Å². The Hall–Kier alpha value is -0.580. The van der Waals surface area contributed by atoms with Crippen molar-refractivity contribution in [1.82, 2.24) is 5.32 Å². The normalized spacial score (nSPS) is 13.6. The molecule has 0 saturated heterocycles.